The average Bonchev–Trinajstić information content (AvgIpc) is 2.52. The SMILES string of the molecule is CC(C)(C)c1ccc(NC(=O)NCc2cncnc2C(C)(C)C)cc1. The summed E-state index contributed by atoms with van der Waals surface area (Å²) < 4.78 is 0. The van der Waals surface area contributed by atoms with Gasteiger partial charge in [-0.2, -0.15) is 0 Å². The van der Waals surface area contributed by atoms with E-state index in [2.05, 4.69) is 62.1 Å². The first-order chi connectivity index (χ1) is 11.6. The van der Waals surface area contributed by atoms with Gasteiger partial charge < -0.3 is 10.6 Å². The second-order valence-electron chi connectivity index (χ2n) is 8.28. The molecule has 0 unspecified atom stereocenters. The zero-order valence-corrected chi connectivity index (χ0v) is 16.0. The van der Waals surface area contributed by atoms with Crippen molar-refractivity contribution in [2.45, 2.75) is 58.9 Å². The molecule has 25 heavy (non-hydrogen) atoms. The van der Waals surface area contributed by atoms with Gasteiger partial charge in [-0.15, -0.1) is 0 Å². The summed E-state index contributed by atoms with van der Waals surface area (Å²) in [7, 11) is 0. The molecule has 0 fully saturated rings. The molecule has 2 aromatic rings. The van der Waals surface area contributed by atoms with E-state index in [0.29, 0.717) is 6.54 Å². The molecule has 2 N–H and O–H groups in total. The van der Waals surface area contributed by atoms with Crippen LogP contribution in [0.4, 0.5) is 10.5 Å². The van der Waals surface area contributed by atoms with Gasteiger partial charge >= 0.3 is 6.03 Å². The van der Waals surface area contributed by atoms with Crippen molar-refractivity contribution in [3.05, 3.63) is 53.6 Å². The molecule has 1 heterocycles. The lowest BCUT2D eigenvalue weighted by molar-refractivity contribution is 0.251. The number of aromatic nitrogens is 2. The number of carbonyl (C=O) groups excluding carboxylic acids is 1. The van der Waals surface area contributed by atoms with Gasteiger partial charge in [0.2, 0.25) is 0 Å². The van der Waals surface area contributed by atoms with Gasteiger partial charge in [-0.05, 0) is 23.1 Å². The summed E-state index contributed by atoms with van der Waals surface area (Å²) in [5.74, 6) is 0. The van der Waals surface area contributed by atoms with Gasteiger partial charge in [-0.1, -0.05) is 53.7 Å². The van der Waals surface area contributed by atoms with Crippen LogP contribution in [0.15, 0.2) is 36.8 Å². The van der Waals surface area contributed by atoms with Crippen LogP contribution in [0.2, 0.25) is 0 Å². The van der Waals surface area contributed by atoms with Crippen LogP contribution in [0, 0.1) is 0 Å². The number of hydrogen-bond acceptors (Lipinski definition) is 3. The highest BCUT2D eigenvalue weighted by Gasteiger charge is 2.20. The fraction of sp³-hybridized carbons (Fsp3) is 0.450. The third-order valence-electron chi connectivity index (χ3n) is 3.95. The second-order valence-corrected chi connectivity index (χ2v) is 8.28. The predicted molar refractivity (Wildman–Crippen MR) is 102 cm³/mol. The Kier molecular flexibility index (Phi) is 5.45. The van der Waals surface area contributed by atoms with Crippen LogP contribution in [0.3, 0.4) is 0 Å². The first-order valence-corrected chi connectivity index (χ1v) is 8.52. The van der Waals surface area contributed by atoms with Gasteiger partial charge in [-0.25, -0.2) is 14.8 Å². The Balaban J connectivity index is 1.98. The van der Waals surface area contributed by atoms with E-state index in [-0.39, 0.29) is 16.9 Å². The Labute approximate surface area is 150 Å². The van der Waals surface area contributed by atoms with Crippen molar-refractivity contribution in [2.24, 2.45) is 0 Å². The van der Waals surface area contributed by atoms with E-state index in [0.717, 1.165) is 16.9 Å². The number of nitrogens with one attached hydrogen (secondary N) is 2. The Bertz CT molecular complexity index is 725. The number of hydrogen-bond donors (Lipinski definition) is 2. The number of urea groups is 1. The van der Waals surface area contributed by atoms with Gasteiger partial charge in [0.15, 0.2) is 0 Å². The summed E-state index contributed by atoms with van der Waals surface area (Å²) >= 11 is 0. The fourth-order valence-corrected chi connectivity index (χ4v) is 2.57. The van der Waals surface area contributed by atoms with E-state index in [1.807, 2.05) is 24.3 Å². The molecule has 1 aromatic heterocycles. The summed E-state index contributed by atoms with van der Waals surface area (Å²) in [6.07, 6.45) is 3.30. The van der Waals surface area contributed by atoms with E-state index < -0.39 is 0 Å². The van der Waals surface area contributed by atoms with Crippen molar-refractivity contribution in [1.29, 1.82) is 0 Å². The van der Waals surface area contributed by atoms with Crippen molar-refractivity contribution in [3.63, 3.8) is 0 Å². The van der Waals surface area contributed by atoms with E-state index in [9.17, 15) is 4.79 Å². The van der Waals surface area contributed by atoms with Crippen molar-refractivity contribution in [3.8, 4) is 0 Å². The third-order valence-corrected chi connectivity index (χ3v) is 3.95. The Hall–Kier alpha value is -2.43. The molecule has 134 valence electrons. The maximum absolute atomic E-state index is 12.2. The standard InChI is InChI=1S/C20H28N4O/c1-19(2,3)15-7-9-16(10-8-15)24-18(25)22-12-14-11-21-13-23-17(14)20(4,5)6/h7-11,13H,12H2,1-6H3,(H2,22,24,25). The van der Waals surface area contributed by atoms with Gasteiger partial charge in [0, 0.05) is 29.4 Å². The van der Waals surface area contributed by atoms with Gasteiger partial charge in [0.25, 0.3) is 0 Å². The topological polar surface area (TPSA) is 66.9 Å². The third kappa shape index (κ3) is 5.28. The molecule has 0 saturated heterocycles. The van der Waals surface area contributed by atoms with Gasteiger partial charge in [0.1, 0.15) is 6.33 Å². The maximum atomic E-state index is 12.2. The Morgan fingerprint density at radius 2 is 1.64 bits per heavy atom. The molecular weight excluding hydrogens is 312 g/mol. The number of rotatable bonds is 3. The average molecular weight is 340 g/mol. The van der Waals surface area contributed by atoms with Crippen molar-refractivity contribution >= 4 is 11.7 Å². The number of amides is 2. The normalized spacial score (nSPS) is 11.9. The van der Waals surface area contributed by atoms with E-state index >= 15 is 0 Å². The molecule has 2 rings (SSSR count). The minimum atomic E-state index is -0.243. The van der Waals surface area contributed by atoms with E-state index in [1.165, 1.54) is 5.56 Å². The highest BCUT2D eigenvalue weighted by molar-refractivity contribution is 5.89. The first kappa shape index (κ1) is 18.9. The highest BCUT2D eigenvalue weighted by atomic mass is 16.2. The molecule has 0 saturated carbocycles. The minimum absolute atomic E-state index is 0.0947. The maximum Gasteiger partial charge on any atom is 0.319 e. The summed E-state index contributed by atoms with van der Waals surface area (Å²) in [6.45, 7) is 13.2. The summed E-state index contributed by atoms with van der Waals surface area (Å²) in [4.78, 5) is 20.6. The molecule has 0 radical (unpaired) electrons. The zero-order chi connectivity index (χ0) is 18.7. The van der Waals surface area contributed by atoms with E-state index in [4.69, 9.17) is 0 Å². The summed E-state index contributed by atoms with van der Waals surface area (Å²) in [5, 5.41) is 5.73. The molecular formula is C20H28N4O. The molecule has 2 amide bonds. The molecule has 1 aromatic carbocycles. The van der Waals surface area contributed by atoms with Gasteiger partial charge in [0.05, 0.1) is 5.69 Å². The van der Waals surface area contributed by atoms with E-state index in [1.54, 1.807) is 12.5 Å². The lowest BCUT2D eigenvalue weighted by Gasteiger charge is -2.21. The number of carbonyl (C=O) groups is 1. The number of anilines is 1. The molecule has 5 nitrogen and oxygen atoms in total. The molecule has 0 spiro atoms. The lowest BCUT2D eigenvalue weighted by atomic mass is 9.87. The summed E-state index contributed by atoms with van der Waals surface area (Å²) in [6, 6.07) is 7.68. The Morgan fingerprint density at radius 3 is 2.20 bits per heavy atom. The monoisotopic (exact) mass is 340 g/mol. The van der Waals surface area contributed by atoms with Crippen LogP contribution in [-0.4, -0.2) is 16.0 Å². The largest absolute Gasteiger partial charge is 0.334 e. The zero-order valence-electron chi connectivity index (χ0n) is 16.0. The van der Waals surface area contributed by atoms with Crippen LogP contribution in [0.1, 0.15) is 58.4 Å². The molecule has 0 aliphatic heterocycles. The molecule has 0 bridgehead atoms. The number of benzene rings is 1. The van der Waals surface area contributed by atoms with Crippen molar-refractivity contribution in [1.82, 2.24) is 15.3 Å². The quantitative estimate of drug-likeness (QED) is 0.870. The highest BCUT2D eigenvalue weighted by Crippen LogP contribution is 2.24. The van der Waals surface area contributed by atoms with Gasteiger partial charge in [-0.3, -0.25) is 0 Å². The Morgan fingerprint density at radius 1 is 1.00 bits per heavy atom. The van der Waals surface area contributed by atoms with Crippen LogP contribution < -0.4 is 10.6 Å². The summed E-state index contributed by atoms with van der Waals surface area (Å²) in [5.41, 5.74) is 3.86. The minimum Gasteiger partial charge on any atom is -0.334 e. The molecule has 0 aliphatic carbocycles. The number of nitrogens with zero attached hydrogens (tertiary/aromatic N) is 2. The molecule has 0 atom stereocenters. The van der Waals surface area contributed by atoms with Crippen LogP contribution in [0.25, 0.3) is 0 Å². The lowest BCUT2D eigenvalue weighted by Crippen LogP contribution is -2.30. The van der Waals surface area contributed by atoms with Crippen LogP contribution in [-0.2, 0) is 17.4 Å². The van der Waals surface area contributed by atoms with Crippen molar-refractivity contribution < 1.29 is 4.79 Å². The van der Waals surface area contributed by atoms with Crippen molar-refractivity contribution in [2.75, 3.05) is 5.32 Å². The van der Waals surface area contributed by atoms with Crippen LogP contribution in [0.5, 0.6) is 0 Å². The van der Waals surface area contributed by atoms with Crippen LogP contribution >= 0.6 is 0 Å². The predicted octanol–water partition coefficient (Wildman–Crippen LogP) is 4.39. The molecule has 0 aliphatic rings. The first-order valence-electron chi connectivity index (χ1n) is 8.52. The smallest absolute Gasteiger partial charge is 0.319 e. The second kappa shape index (κ2) is 7.21. The fourth-order valence-electron chi connectivity index (χ4n) is 2.57. The molecule has 5 heteroatoms.